The summed E-state index contributed by atoms with van der Waals surface area (Å²) in [5, 5.41) is 5.69. The Bertz CT molecular complexity index is 1100. The molecule has 2 amide bonds. The number of benzene rings is 2. The summed E-state index contributed by atoms with van der Waals surface area (Å²) in [6, 6.07) is 11.8. The van der Waals surface area contributed by atoms with E-state index in [4.69, 9.17) is 0 Å². The van der Waals surface area contributed by atoms with Crippen LogP contribution in [0, 0.1) is 6.92 Å². The number of aryl methyl sites for hydroxylation is 1. The Labute approximate surface area is 183 Å². The normalized spacial score (nSPS) is 15.9. The van der Waals surface area contributed by atoms with E-state index in [2.05, 4.69) is 10.6 Å². The SMILES string of the molecule is Cc1ccc(C(=O)Nc2ccccc2C(=O)NC(C)(C)C)cc1N1CCCCS1(=O)=O. The summed E-state index contributed by atoms with van der Waals surface area (Å²) >= 11 is 0. The average Bonchev–Trinajstić information content (AvgIpc) is 2.67. The average molecular weight is 444 g/mol. The first-order chi connectivity index (χ1) is 14.5. The molecule has 3 rings (SSSR count). The fraction of sp³-hybridized carbons (Fsp3) is 0.391. The van der Waals surface area contributed by atoms with Crippen molar-refractivity contribution in [3.05, 3.63) is 59.2 Å². The maximum absolute atomic E-state index is 13.0. The Morgan fingerprint density at radius 2 is 1.71 bits per heavy atom. The van der Waals surface area contributed by atoms with Gasteiger partial charge in [0.1, 0.15) is 0 Å². The molecule has 0 aromatic heterocycles. The molecule has 1 aliphatic heterocycles. The van der Waals surface area contributed by atoms with Crippen molar-refractivity contribution in [2.75, 3.05) is 21.9 Å². The van der Waals surface area contributed by atoms with Gasteiger partial charge in [-0.25, -0.2) is 8.42 Å². The third-order valence-corrected chi connectivity index (χ3v) is 6.85. The van der Waals surface area contributed by atoms with Crippen LogP contribution in [-0.2, 0) is 10.0 Å². The molecule has 31 heavy (non-hydrogen) atoms. The number of carbonyl (C=O) groups is 2. The Morgan fingerprint density at radius 3 is 2.39 bits per heavy atom. The molecule has 8 heteroatoms. The third-order valence-electron chi connectivity index (χ3n) is 5.00. The standard InChI is InChI=1S/C23H29N3O4S/c1-16-11-12-17(15-20(16)26-13-7-8-14-31(26,29)30)21(27)24-19-10-6-5-9-18(19)22(28)25-23(2,3)4/h5-6,9-12,15H,7-8,13-14H2,1-4H3,(H,24,27)(H,25,28). The molecule has 2 aromatic carbocycles. The first-order valence-electron chi connectivity index (χ1n) is 10.3. The number of para-hydroxylation sites is 1. The quantitative estimate of drug-likeness (QED) is 0.753. The molecule has 0 atom stereocenters. The van der Waals surface area contributed by atoms with Crippen LogP contribution in [-0.4, -0.2) is 38.1 Å². The molecular weight excluding hydrogens is 414 g/mol. The van der Waals surface area contributed by atoms with E-state index in [0.717, 1.165) is 12.0 Å². The van der Waals surface area contributed by atoms with Crippen molar-refractivity contribution >= 4 is 33.2 Å². The summed E-state index contributed by atoms with van der Waals surface area (Å²) in [7, 11) is -3.39. The van der Waals surface area contributed by atoms with E-state index in [1.54, 1.807) is 42.5 Å². The summed E-state index contributed by atoms with van der Waals surface area (Å²) in [6.07, 6.45) is 1.43. The zero-order valence-electron chi connectivity index (χ0n) is 18.4. The maximum atomic E-state index is 13.0. The van der Waals surface area contributed by atoms with E-state index in [0.29, 0.717) is 35.5 Å². The number of sulfonamides is 1. The Morgan fingerprint density at radius 1 is 1.00 bits per heavy atom. The largest absolute Gasteiger partial charge is 0.347 e. The number of amides is 2. The monoisotopic (exact) mass is 443 g/mol. The van der Waals surface area contributed by atoms with Gasteiger partial charge in [-0.2, -0.15) is 0 Å². The van der Waals surface area contributed by atoms with Crippen LogP contribution in [0.5, 0.6) is 0 Å². The molecule has 0 radical (unpaired) electrons. The van der Waals surface area contributed by atoms with Crippen molar-refractivity contribution in [2.24, 2.45) is 0 Å². The van der Waals surface area contributed by atoms with E-state index in [-0.39, 0.29) is 11.7 Å². The molecule has 1 aliphatic rings. The number of hydrogen-bond donors (Lipinski definition) is 2. The van der Waals surface area contributed by atoms with Gasteiger partial charge in [0, 0.05) is 17.6 Å². The van der Waals surface area contributed by atoms with Crippen LogP contribution in [0.1, 0.15) is 59.9 Å². The van der Waals surface area contributed by atoms with Gasteiger partial charge in [-0.15, -0.1) is 0 Å². The van der Waals surface area contributed by atoms with Crippen LogP contribution in [0.15, 0.2) is 42.5 Å². The van der Waals surface area contributed by atoms with Gasteiger partial charge < -0.3 is 10.6 Å². The highest BCUT2D eigenvalue weighted by Crippen LogP contribution is 2.28. The second-order valence-electron chi connectivity index (χ2n) is 8.80. The van der Waals surface area contributed by atoms with Crippen molar-refractivity contribution < 1.29 is 18.0 Å². The maximum Gasteiger partial charge on any atom is 0.255 e. The van der Waals surface area contributed by atoms with E-state index in [1.807, 2.05) is 27.7 Å². The molecule has 2 N–H and O–H groups in total. The molecule has 2 aromatic rings. The number of nitrogens with one attached hydrogen (secondary N) is 2. The minimum atomic E-state index is -3.39. The molecule has 0 saturated carbocycles. The van der Waals surface area contributed by atoms with Crippen molar-refractivity contribution in [3.8, 4) is 0 Å². The van der Waals surface area contributed by atoms with Crippen LogP contribution in [0.25, 0.3) is 0 Å². The minimum absolute atomic E-state index is 0.110. The molecule has 0 aliphatic carbocycles. The second kappa shape index (κ2) is 8.70. The van der Waals surface area contributed by atoms with Gasteiger partial charge in [0.25, 0.3) is 11.8 Å². The smallest absolute Gasteiger partial charge is 0.255 e. The lowest BCUT2D eigenvalue weighted by molar-refractivity contribution is 0.0920. The van der Waals surface area contributed by atoms with E-state index >= 15 is 0 Å². The fourth-order valence-corrected chi connectivity index (χ4v) is 5.16. The van der Waals surface area contributed by atoms with Crippen molar-refractivity contribution in [2.45, 2.75) is 46.1 Å². The van der Waals surface area contributed by atoms with Gasteiger partial charge in [-0.1, -0.05) is 18.2 Å². The van der Waals surface area contributed by atoms with Gasteiger partial charge in [0.15, 0.2) is 0 Å². The predicted molar refractivity (Wildman–Crippen MR) is 123 cm³/mol. The Hall–Kier alpha value is -2.87. The van der Waals surface area contributed by atoms with E-state index in [1.165, 1.54) is 4.31 Å². The van der Waals surface area contributed by atoms with Gasteiger partial charge in [-0.3, -0.25) is 13.9 Å². The topological polar surface area (TPSA) is 95.6 Å². The lowest BCUT2D eigenvalue weighted by Crippen LogP contribution is -2.40. The lowest BCUT2D eigenvalue weighted by atomic mass is 10.1. The molecule has 0 unspecified atom stereocenters. The van der Waals surface area contributed by atoms with Crippen molar-refractivity contribution in [1.29, 1.82) is 0 Å². The van der Waals surface area contributed by atoms with Crippen molar-refractivity contribution in [1.82, 2.24) is 5.32 Å². The van der Waals surface area contributed by atoms with Crippen molar-refractivity contribution in [3.63, 3.8) is 0 Å². The van der Waals surface area contributed by atoms with E-state index < -0.39 is 21.5 Å². The second-order valence-corrected chi connectivity index (χ2v) is 10.8. The molecule has 7 nitrogen and oxygen atoms in total. The number of carbonyl (C=O) groups excluding carboxylic acids is 2. The summed E-state index contributed by atoms with van der Waals surface area (Å²) in [5.41, 5.74) is 1.96. The number of nitrogens with zero attached hydrogens (tertiary/aromatic N) is 1. The number of hydrogen-bond acceptors (Lipinski definition) is 4. The zero-order valence-corrected chi connectivity index (χ0v) is 19.2. The zero-order chi connectivity index (χ0) is 22.8. The summed E-state index contributed by atoms with van der Waals surface area (Å²) in [5.74, 6) is -0.585. The highest BCUT2D eigenvalue weighted by molar-refractivity contribution is 7.92. The van der Waals surface area contributed by atoms with Gasteiger partial charge in [-0.05, 0) is 70.4 Å². The summed E-state index contributed by atoms with van der Waals surface area (Å²) in [6.45, 7) is 7.88. The molecule has 166 valence electrons. The summed E-state index contributed by atoms with van der Waals surface area (Å²) in [4.78, 5) is 25.6. The molecular formula is C23H29N3O4S. The Balaban J connectivity index is 1.88. The molecule has 1 fully saturated rings. The number of rotatable bonds is 4. The number of anilines is 2. The molecule has 1 heterocycles. The highest BCUT2D eigenvalue weighted by atomic mass is 32.2. The van der Waals surface area contributed by atoms with Crippen LogP contribution in [0.4, 0.5) is 11.4 Å². The van der Waals surface area contributed by atoms with Gasteiger partial charge in [0.2, 0.25) is 10.0 Å². The summed E-state index contributed by atoms with van der Waals surface area (Å²) < 4.78 is 26.4. The molecule has 0 spiro atoms. The first-order valence-corrected chi connectivity index (χ1v) is 11.9. The Kier molecular flexibility index (Phi) is 6.40. The molecule has 1 saturated heterocycles. The van der Waals surface area contributed by atoms with E-state index in [9.17, 15) is 18.0 Å². The van der Waals surface area contributed by atoms with Gasteiger partial charge in [0.05, 0.1) is 22.7 Å². The minimum Gasteiger partial charge on any atom is -0.347 e. The third kappa shape index (κ3) is 5.44. The predicted octanol–water partition coefficient (Wildman–Crippen LogP) is 3.71. The lowest BCUT2D eigenvalue weighted by Gasteiger charge is -2.29. The van der Waals surface area contributed by atoms with Crippen LogP contribution in [0.3, 0.4) is 0 Å². The highest BCUT2D eigenvalue weighted by Gasteiger charge is 2.28. The van der Waals surface area contributed by atoms with Crippen LogP contribution < -0.4 is 14.9 Å². The fourth-order valence-electron chi connectivity index (χ4n) is 3.47. The first kappa shape index (κ1) is 22.8. The van der Waals surface area contributed by atoms with Crippen LogP contribution >= 0.6 is 0 Å². The molecule has 0 bridgehead atoms. The van der Waals surface area contributed by atoms with Crippen LogP contribution in [0.2, 0.25) is 0 Å². The van der Waals surface area contributed by atoms with Gasteiger partial charge >= 0.3 is 0 Å².